The van der Waals surface area contributed by atoms with Crippen molar-refractivity contribution in [2.75, 3.05) is 46.6 Å². The van der Waals surface area contributed by atoms with Gasteiger partial charge in [-0.05, 0) is 6.07 Å². The Morgan fingerprint density at radius 1 is 1.22 bits per heavy atom. The minimum atomic E-state index is -5.01. The van der Waals surface area contributed by atoms with E-state index in [4.69, 9.17) is 30.3 Å². The molecule has 0 bridgehead atoms. The van der Waals surface area contributed by atoms with E-state index in [9.17, 15) is 24.1 Å². The fourth-order valence-electron chi connectivity index (χ4n) is 2.32. The van der Waals surface area contributed by atoms with Crippen LogP contribution in [0.3, 0.4) is 0 Å². The number of phosphoric acid groups is 2. The van der Waals surface area contributed by atoms with E-state index in [0.29, 0.717) is 11.0 Å². The fourth-order valence-corrected chi connectivity index (χ4v) is 3.89. The number of aromatic nitrogens is 2. The molecule has 2 heterocycles. The Labute approximate surface area is 182 Å². The van der Waals surface area contributed by atoms with E-state index in [0.717, 1.165) is 4.57 Å². The first-order chi connectivity index (χ1) is 14.5. The van der Waals surface area contributed by atoms with Gasteiger partial charge in [-0.15, -0.1) is 0 Å². The second-order valence-electron chi connectivity index (χ2n) is 7.66. The van der Waals surface area contributed by atoms with Crippen molar-refractivity contribution in [2.45, 2.75) is 24.5 Å². The van der Waals surface area contributed by atoms with Crippen LogP contribution in [0.1, 0.15) is 6.23 Å². The number of anilines is 1. The quantitative estimate of drug-likeness (QED) is 0.140. The van der Waals surface area contributed by atoms with Gasteiger partial charge in [0.15, 0.2) is 6.23 Å². The summed E-state index contributed by atoms with van der Waals surface area (Å²) in [6.07, 6.45) is -3.27. The number of aliphatic hydroxyl groups excluding tert-OH is 3. The number of ether oxygens (including phenoxy) is 1. The van der Waals surface area contributed by atoms with Crippen LogP contribution in [0.15, 0.2) is 17.1 Å². The molecule has 0 radical (unpaired) electrons. The Kier molecular flexibility index (Phi) is 10.1. The highest BCUT2D eigenvalue weighted by Crippen LogP contribution is 2.57. The molecule has 0 amide bonds. The molecule has 18 heteroatoms. The topological polar surface area (TPSA) is 244 Å². The molecule has 16 nitrogen and oxygen atoms in total. The number of phosphoric ester groups is 1. The van der Waals surface area contributed by atoms with Crippen LogP contribution in [0.4, 0.5) is 5.82 Å². The lowest BCUT2D eigenvalue weighted by Crippen LogP contribution is -2.37. The fraction of sp³-hybridized carbons (Fsp3) is 0.714. The number of quaternary nitrogens is 1. The Bertz CT molecular complexity index is 900. The van der Waals surface area contributed by atoms with Crippen molar-refractivity contribution in [2.24, 2.45) is 0 Å². The Morgan fingerprint density at radius 3 is 2.25 bits per heavy atom. The molecule has 1 aliphatic rings. The zero-order valence-corrected chi connectivity index (χ0v) is 19.3. The average molecular weight is 507 g/mol. The molecule has 0 saturated carbocycles. The molecule has 1 aromatic rings. The van der Waals surface area contributed by atoms with Crippen LogP contribution in [0.5, 0.6) is 0 Å². The van der Waals surface area contributed by atoms with Gasteiger partial charge in [0.1, 0.15) is 37.3 Å². The standard InChI is InChI=1S/C9H13N3O5.C5H15NO7P2/c10-5-1-2-12(9(16)11-5)8-7(15)6(14)4(3-13)17-8;1-6(2,3)4-5-12-15(10,11)13-14(7,8)9/h1-2,4,6-8,13-15H,3H2,(H2,10,11,16);4-5H2,1-3H3,(H2-,7,8,9,10,11)/p+1/t4-,6-,7-,8-;/m1./s1. The van der Waals surface area contributed by atoms with E-state index < -0.39 is 52.5 Å². The maximum atomic E-state index is 11.5. The predicted molar refractivity (Wildman–Crippen MR) is 108 cm³/mol. The van der Waals surface area contributed by atoms with Crippen LogP contribution in [0, 0.1) is 0 Å². The third-order valence-corrected chi connectivity index (χ3v) is 6.05. The Balaban J connectivity index is 0.000000324. The molecular formula is C14H29N4O12P2+. The van der Waals surface area contributed by atoms with Gasteiger partial charge in [0, 0.05) is 6.20 Å². The van der Waals surface area contributed by atoms with Gasteiger partial charge in [0.25, 0.3) is 0 Å². The van der Waals surface area contributed by atoms with Gasteiger partial charge in [-0.1, -0.05) is 0 Å². The van der Waals surface area contributed by atoms with Gasteiger partial charge in [-0.25, -0.2) is 13.9 Å². The van der Waals surface area contributed by atoms with E-state index in [1.54, 1.807) is 0 Å². The molecular weight excluding hydrogens is 478 g/mol. The molecule has 1 aromatic heterocycles. The maximum absolute atomic E-state index is 11.5. The number of rotatable bonds is 8. The van der Waals surface area contributed by atoms with Gasteiger partial charge < -0.3 is 45.0 Å². The van der Waals surface area contributed by atoms with Gasteiger partial charge in [0.05, 0.1) is 27.7 Å². The molecule has 5 atom stereocenters. The van der Waals surface area contributed by atoms with Gasteiger partial charge in [-0.2, -0.15) is 9.29 Å². The first kappa shape index (κ1) is 28.8. The number of nitrogen functional groups attached to an aromatic ring is 1. The highest BCUT2D eigenvalue weighted by atomic mass is 31.3. The first-order valence-corrected chi connectivity index (χ1v) is 12.0. The summed E-state index contributed by atoms with van der Waals surface area (Å²) in [7, 11) is -4.20. The molecule has 0 spiro atoms. The maximum Gasteiger partial charge on any atom is 0.481 e. The van der Waals surface area contributed by atoms with E-state index in [1.807, 2.05) is 21.1 Å². The predicted octanol–water partition coefficient (Wildman–Crippen LogP) is -2.64. The average Bonchev–Trinajstić information content (AvgIpc) is 2.87. The van der Waals surface area contributed by atoms with Crippen molar-refractivity contribution in [3.63, 3.8) is 0 Å². The molecule has 8 N–H and O–H groups in total. The summed E-state index contributed by atoms with van der Waals surface area (Å²) in [5.41, 5.74) is 4.63. The number of likely N-dealkylation sites (N-methyl/N-ethyl adjacent to an activating group) is 1. The largest absolute Gasteiger partial charge is 0.481 e. The molecule has 0 aromatic carbocycles. The van der Waals surface area contributed by atoms with Gasteiger partial charge >= 0.3 is 21.3 Å². The van der Waals surface area contributed by atoms with Crippen LogP contribution in [-0.4, -0.2) is 103 Å². The van der Waals surface area contributed by atoms with Gasteiger partial charge in [-0.3, -0.25) is 9.09 Å². The van der Waals surface area contributed by atoms with Crippen molar-refractivity contribution >= 4 is 21.5 Å². The molecule has 1 saturated heterocycles. The summed E-state index contributed by atoms with van der Waals surface area (Å²) in [5, 5.41) is 28.2. The number of aliphatic hydroxyl groups is 3. The number of nitrogens with two attached hydrogens (primary N) is 1. The normalized spacial score (nSPS) is 25.7. The number of nitrogens with zero attached hydrogens (tertiary/aromatic N) is 3. The van der Waals surface area contributed by atoms with Crippen molar-refractivity contribution in [1.29, 1.82) is 0 Å². The summed E-state index contributed by atoms with van der Waals surface area (Å²) < 4.78 is 35.8. The highest BCUT2D eigenvalue weighted by molar-refractivity contribution is 7.60. The lowest BCUT2D eigenvalue weighted by molar-refractivity contribution is -0.870. The van der Waals surface area contributed by atoms with E-state index in [-0.39, 0.29) is 12.4 Å². The summed E-state index contributed by atoms with van der Waals surface area (Å²) in [4.78, 5) is 40.4. The first-order valence-electron chi connectivity index (χ1n) is 8.97. The molecule has 1 aliphatic heterocycles. The summed E-state index contributed by atoms with van der Waals surface area (Å²) >= 11 is 0. The Hall–Kier alpha value is -1.26. The summed E-state index contributed by atoms with van der Waals surface area (Å²) in [5.74, 6) is 0.0537. The lowest BCUT2D eigenvalue weighted by atomic mass is 10.1. The molecule has 1 fully saturated rings. The highest BCUT2D eigenvalue weighted by Gasteiger charge is 2.43. The molecule has 0 aliphatic carbocycles. The van der Waals surface area contributed by atoms with Crippen LogP contribution < -0.4 is 11.4 Å². The van der Waals surface area contributed by atoms with E-state index >= 15 is 0 Å². The Morgan fingerprint density at radius 2 is 1.81 bits per heavy atom. The van der Waals surface area contributed by atoms with E-state index in [1.165, 1.54) is 12.3 Å². The number of hydrogen-bond donors (Lipinski definition) is 7. The van der Waals surface area contributed by atoms with Crippen molar-refractivity contribution < 1.29 is 57.2 Å². The second kappa shape index (κ2) is 11.2. The minimum Gasteiger partial charge on any atom is -0.394 e. The molecule has 2 rings (SSSR count). The van der Waals surface area contributed by atoms with Crippen molar-refractivity contribution in [3.05, 3.63) is 22.7 Å². The third-order valence-electron chi connectivity index (χ3n) is 3.87. The van der Waals surface area contributed by atoms with Crippen LogP contribution in [-0.2, 0) is 22.7 Å². The second-order valence-corrected chi connectivity index (χ2v) is 10.5. The molecule has 1 unspecified atom stereocenters. The molecule has 32 heavy (non-hydrogen) atoms. The lowest BCUT2D eigenvalue weighted by Gasteiger charge is -2.23. The van der Waals surface area contributed by atoms with Crippen LogP contribution >= 0.6 is 15.6 Å². The van der Waals surface area contributed by atoms with Crippen LogP contribution in [0.2, 0.25) is 0 Å². The monoisotopic (exact) mass is 507 g/mol. The minimum absolute atomic E-state index is 0.0537. The zero-order valence-electron chi connectivity index (χ0n) is 17.5. The van der Waals surface area contributed by atoms with Crippen molar-refractivity contribution in [3.8, 4) is 0 Å². The van der Waals surface area contributed by atoms with Crippen LogP contribution in [0.25, 0.3) is 0 Å². The SMILES string of the molecule is C[N+](C)(C)CCOP(=O)(O)OP(=O)(O)O.Nc1ccn([C@@H]2O[C@H](CO)[C@@H](O)[C@H]2O)c(=O)n1. The number of hydrogen-bond acceptors (Lipinski definition) is 11. The zero-order chi connectivity index (χ0) is 24.9. The summed E-state index contributed by atoms with van der Waals surface area (Å²) in [6, 6.07) is 1.37. The molecule has 186 valence electrons. The van der Waals surface area contributed by atoms with E-state index in [2.05, 4.69) is 13.8 Å². The van der Waals surface area contributed by atoms with Crippen molar-refractivity contribution in [1.82, 2.24) is 9.55 Å². The van der Waals surface area contributed by atoms with Gasteiger partial charge in [0.2, 0.25) is 0 Å². The summed E-state index contributed by atoms with van der Waals surface area (Å²) in [6.45, 7) is -0.196. The third kappa shape index (κ3) is 9.70. The smallest absolute Gasteiger partial charge is 0.394 e.